The second-order valence-corrected chi connectivity index (χ2v) is 32.3. The standard InChI is InChI=1S/C46H80O9SSi2/c1-31-18-21-38(22-19-31)56(48,49)30-39-42(28-41-34(4)32(2)25-36(53-41)20-23-40-33(3)26-35(52-40)17-16-24-47)54-43(44(39)50-11)27-37(55-58(14,15)46(8,9)10)29-51-57(12,13)45(5,6)7/h18-19,21-22,32,35-37,39-44,47H,3-4,16-17,20,23-30H2,1-2,5-15H3/t32-,35-,36+,37+,39+,40+,41-,42+,43-,44-/m1/s1. The van der Waals surface area contributed by atoms with Gasteiger partial charge in [0.2, 0.25) is 0 Å². The first-order valence-corrected chi connectivity index (χ1v) is 29.3. The molecule has 0 unspecified atom stereocenters. The lowest BCUT2D eigenvalue weighted by molar-refractivity contribution is -0.0782. The molecular formula is C46H80O9SSi2. The van der Waals surface area contributed by atoms with Gasteiger partial charge in [0, 0.05) is 32.5 Å². The van der Waals surface area contributed by atoms with Crippen molar-refractivity contribution in [2.24, 2.45) is 11.8 Å². The van der Waals surface area contributed by atoms with Gasteiger partial charge in [-0.25, -0.2) is 8.42 Å². The fourth-order valence-electron chi connectivity index (χ4n) is 8.20. The Morgan fingerprint density at radius 3 is 2.09 bits per heavy atom. The molecule has 3 aliphatic heterocycles. The summed E-state index contributed by atoms with van der Waals surface area (Å²) in [5, 5.41) is 9.32. The Bertz CT molecular complexity index is 1610. The quantitative estimate of drug-likeness (QED) is 0.107. The van der Waals surface area contributed by atoms with E-state index in [-0.39, 0.29) is 58.9 Å². The second-order valence-electron chi connectivity index (χ2n) is 20.7. The Kier molecular flexibility index (Phi) is 17.0. The molecule has 0 saturated carbocycles. The number of sulfone groups is 1. The number of ether oxygens (including phenoxy) is 4. The smallest absolute Gasteiger partial charge is 0.192 e. The summed E-state index contributed by atoms with van der Waals surface area (Å²) in [7, 11) is -6.38. The molecule has 58 heavy (non-hydrogen) atoms. The predicted molar refractivity (Wildman–Crippen MR) is 240 cm³/mol. The number of rotatable bonds is 19. The van der Waals surface area contributed by atoms with Crippen LogP contribution in [0.2, 0.25) is 36.3 Å². The summed E-state index contributed by atoms with van der Waals surface area (Å²) >= 11 is 0. The average Bonchev–Trinajstić information content (AvgIpc) is 3.63. The highest BCUT2D eigenvalue weighted by molar-refractivity contribution is 7.91. The van der Waals surface area contributed by atoms with Gasteiger partial charge < -0.3 is 32.9 Å². The van der Waals surface area contributed by atoms with Crippen molar-refractivity contribution in [1.82, 2.24) is 0 Å². The number of hydrogen-bond donors (Lipinski definition) is 1. The zero-order valence-corrected chi connectivity index (χ0v) is 41.2. The molecule has 0 aliphatic carbocycles. The molecule has 3 heterocycles. The molecule has 0 radical (unpaired) electrons. The molecule has 12 heteroatoms. The fraction of sp³-hybridized carbons (Fsp3) is 0.783. The van der Waals surface area contributed by atoms with Crippen LogP contribution in [0.15, 0.2) is 53.5 Å². The monoisotopic (exact) mass is 865 g/mol. The molecule has 10 atom stereocenters. The lowest BCUT2D eigenvalue weighted by atomic mass is 9.83. The third-order valence-electron chi connectivity index (χ3n) is 14.1. The van der Waals surface area contributed by atoms with E-state index < -0.39 is 50.7 Å². The molecule has 9 nitrogen and oxygen atoms in total. The fourth-order valence-corrected chi connectivity index (χ4v) is 12.2. The maximum absolute atomic E-state index is 14.2. The zero-order chi connectivity index (χ0) is 43.4. The van der Waals surface area contributed by atoms with Crippen LogP contribution in [-0.2, 0) is 37.6 Å². The van der Waals surface area contributed by atoms with Crippen LogP contribution in [0.1, 0.15) is 105 Å². The Morgan fingerprint density at radius 2 is 1.50 bits per heavy atom. The van der Waals surface area contributed by atoms with Crippen LogP contribution < -0.4 is 0 Å². The van der Waals surface area contributed by atoms with Crippen LogP contribution >= 0.6 is 0 Å². The Morgan fingerprint density at radius 1 is 0.879 bits per heavy atom. The molecule has 0 amide bonds. The molecule has 1 aromatic carbocycles. The van der Waals surface area contributed by atoms with E-state index in [4.69, 9.17) is 27.8 Å². The van der Waals surface area contributed by atoms with E-state index in [2.05, 4.69) is 87.8 Å². The van der Waals surface area contributed by atoms with E-state index in [0.717, 1.165) is 55.2 Å². The van der Waals surface area contributed by atoms with Crippen LogP contribution in [0.3, 0.4) is 0 Å². The van der Waals surface area contributed by atoms with Crippen LogP contribution in [0.25, 0.3) is 0 Å². The number of benzene rings is 1. The van der Waals surface area contributed by atoms with Crippen molar-refractivity contribution in [3.63, 3.8) is 0 Å². The first-order chi connectivity index (χ1) is 26.8. The van der Waals surface area contributed by atoms with Crippen molar-refractivity contribution in [2.75, 3.05) is 26.1 Å². The van der Waals surface area contributed by atoms with Gasteiger partial charge >= 0.3 is 0 Å². The Labute approximate surface area is 355 Å². The zero-order valence-electron chi connectivity index (χ0n) is 38.4. The molecule has 3 saturated heterocycles. The largest absolute Gasteiger partial charge is 0.414 e. The molecule has 1 aromatic rings. The minimum Gasteiger partial charge on any atom is -0.414 e. The maximum Gasteiger partial charge on any atom is 0.192 e. The average molecular weight is 865 g/mol. The summed E-state index contributed by atoms with van der Waals surface area (Å²) in [6.45, 7) is 36.1. The maximum atomic E-state index is 14.2. The summed E-state index contributed by atoms with van der Waals surface area (Å²) in [6.07, 6.45) is 4.10. The molecule has 3 aliphatic rings. The lowest BCUT2D eigenvalue weighted by Gasteiger charge is -2.42. The molecule has 3 fully saturated rings. The van der Waals surface area contributed by atoms with Gasteiger partial charge in [-0.15, -0.1) is 0 Å². The highest BCUT2D eigenvalue weighted by Crippen LogP contribution is 2.44. The predicted octanol–water partition coefficient (Wildman–Crippen LogP) is 9.98. The van der Waals surface area contributed by atoms with Crippen LogP contribution in [0.4, 0.5) is 0 Å². The summed E-state index contributed by atoms with van der Waals surface area (Å²) in [5.74, 6) is -0.330. The molecular weight excluding hydrogens is 785 g/mol. The Hall–Kier alpha value is -1.20. The Balaban J connectivity index is 1.61. The van der Waals surface area contributed by atoms with E-state index in [1.807, 2.05) is 19.1 Å². The summed E-state index contributed by atoms with van der Waals surface area (Å²) in [4.78, 5) is 0.304. The second kappa shape index (κ2) is 19.9. The van der Waals surface area contributed by atoms with E-state index in [1.165, 1.54) is 0 Å². The van der Waals surface area contributed by atoms with E-state index >= 15 is 0 Å². The first kappa shape index (κ1) is 49.5. The first-order valence-electron chi connectivity index (χ1n) is 21.9. The van der Waals surface area contributed by atoms with E-state index in [1.54, 1.807) is 19.2 Å². The van der Waals surface area contributed by atoms with Gasteiger partial charge in [0.15, 0.2) is 26.5 Å². The molecule has 332 valence electrons. The highest BCUT2D eigenvalue weighted by Gasteiger charge is 2.50. The van der Waals surface area contributed by atoms with Crippen LogP contribution in [0, 0.1) is 18.8 Å². The SMILES string of the molecule is C=C1C[C@@H](CCCO)O[C@H]1CC[C@H]1C[C@@H](C)C(=C)[C@@H](C[C@@H]2O[C@H](C[C@@H](CO[Si](C)(C)C(C)(C)C)O[Si](C)(C)C(C)(C)C)[C@H](OC)[C@H]2CS(=O)(=O)c2ccc(C)cc2)O1. The van der Waals surface area contributed by atoms with E-state index in [9.17, 15) is 13.5 Å². The number of aryl methyl sites for hydroxylation is 1. The van der Waals surface area contributed by atoms with Gasteiger partial charge in [-0.2, -0.15) is 0 Å². The van der Waals surface area contributed by atoms with Gasteiger partial charge in [-0.3, -0.25) is 0 Å². The van der Waals surface area contributed by atoms with Crippen molar-refractivity contribution in [3.05, 3.63) is 54.1 Å². The van der Waals surface area contributed by atoms with Crippen molar-refractivity contribution in [3.8, 4) is 0 Å². The normalized spacial score (nSPS) is 29.7. The van der Waals surface area contributed by atoms with Crippen molar-refractivity contribution in [1.29, 1.82) is 0 Å². The molecule has 4 rings (SSSR count). The van der Waals surface area contributed by atoms with Crippen molar-refractivity contribution < 1.29 is 41.3 Å². The lowest BCUT2D eigenvalue weighted by Crippen LogP contribution is -2.49. The van der Waals surface area contributed by atoms with Gasteiger partial charge in [-0.1, -0.05) is 79.3 Å². The van der Waals surface area contributed by atoms with Gasteiger partial charge in [0.25, 0.3) is 0 Å². The van der Waals surface area contributed by atoms with E-state index in [0.29, 0.717) is 24.3 Å². The molecule has 0 spiro atoms. The van der Waals surface area contributed by atoms with Crippen LogP contribution in [-0.4, -0.2) is 105 Å². The van der Waals surface area contributed by atoms with Gasteiger partial charge in [-0.05, 0) is 111 Å². The summed E-state index contributed by atoms with van der Waals surface area (Å²) in [6, 6.07) is 7.10. The van der Waals surface area contributed by atoms with Gasteiger partial charge in [0.1, 0.15) is 0 Å². The number of aliphatic hydroxyl groups is 1. The summed E-state index contributed by atoms with van der Waals surface area (Å²) in [5.41, 5.74) is 3.14. The molecule has 1 N–H and O–H groups in total. The number of methoxy groups -OCH3 is 1. The minimum absolute atomic E-state index is 0.00147. The number of hydrogen-bond acceptors (Lipinski definition) is 9. The minimum atomic E-state index is -3.69. The third-order valence-corrected chi connectivity index (χ3v) is 24.9. The van der Waals surface area contributed by atoms with Crippen LogP contribution in [0.5, 0.6) is 0 Å². The van der Waals surface area contributed by atoms with Gasteiger partial charge in [0.05, 0.1) is 66.1 Å². The topological polar surface area (TPSA) is 110 Å². The van der Waals surface area contributed by atoms with Crippen molar-refractivity contribution >= 4 is 26.5 Å². The summed E-state index contributed by atoms with van der Waals surface area (Å²) < 4.78 is 68.9. The molecule has 0 bridgehead atoms. The van der Waals surface area contributed by atoms with Crippen molar-refractivity contribution in [2.45, 2.75) is 197 Å². The third kappa shape index (κ3) is 12.7. The number of aliphatic hydroxyl groups excluding tert-OH is 1. The molecule has 0 aromatic heterocycles. The highest BCUT2D eigenvalue weighted by atomic mass is 32.2.